The van der Waals surface area contributed by atoms with Crippen molar-refractivity contribution in [2.24, 2.45) is 5.92 Å². The summed E-state index contributed by atoms with van der Waals surface area (Å²) in [5, 5.41) is 5.39. The van der Waals surface area contributed by atoms with Crippen molar-refractivity contribution < 1.29 is 13.2 Å². The van der Waals surface area contributed by atoms with Crippen LogP contribution in [0.5, 0.6) is 0 Å². The first kappa shape index (κ1) is 24.1. The first-order valence-electron chi connectivity index (χ1n) is 12.1. The van der Waals surface area contributed by atoms with E-state index in [0.29, 0.717) is 17.6 Å². The van der Waals surface area contributed by atoms with E-state index in [1.165, 1.54) is 6.26 Å². The van der Waals surface area contributed by atoms with Crippen LogP contribution in [-0.4, -0.2) is 60.0 Å². The molecule has 2 aromatic heterocycles. The van der Waals surface area contributed by atoms with E-state index in [-0.39, 0.29) is 10.8 Å². The van der Waals surface area contributed by atoms with Gasteiger partial charge in [-0.25, -0.2) is 13.4 Å². The molecule has 1 amide bonds. The van der Waals surface area contributed by atoms with Gasteiger partial charge in [-0.1, -0.05) is 0 Å². The average molecular weight is 511 g/mol. The molecular formula is C26H30N4O3S2. The molecule has 35 heavy (non-hydrogen) atoms. The van der Waals surface area contributed by atoms with Crippen LogP contribution in [0.2, 0.25) is 0 Å². The van der Waals surface area contributed by atoms with Gasteiger partial charge in [0, 0.05) is 71.5 Å². The molecule has 0 spiro atoms. The first-order chi connectivity index (χ1) is 16.9. The highest BCUT2D eigenvalue weighted by Crippen LogP contribution is 2.39. The summed E-state index contributed by atoms with van der Waals surface area (Å²) < 4.78 is 23.4. The van der Waals surface area contributed by atoms with Crippen LogP contribution in [0.3, 0.4) is 0 Å². The zero-order valence-corrected chi connectivity index (χ0v) is 21.4. The van der Waals surface area contributed by atoms with E-state index in [4.69, 9.17) is 4.98 Å². The molecule has 7 nitrogen and oxygen atoms in total. The number of nitrogens with zero attached hydrogens (tertiary/aromatic N) is 3. The Kier molecular flexibility index (Phi) is 6.98. The number of hydrogen-bond donors (Lipinski definition) is 1. The van der Waals surface area contributed by atoms with Gasteiger partial charge in [0.2, 0.25) is 5.91 Å². The second-order valence-electron chi connectivity index (χ2n) is 9.39. The third-order valence-corrected chi connectivity index (χ3v) is 9.09. The molecule has 184 valence electrons. The second kappa shape index (κ2) is 10.1. The molecule has 1 saturated heterocycles. The van der Waals surface area contributed by atoms with E-state index in [0.717, 1.165) is 72.4 Å². The summed E-state index contributed by atoms with van der Waals surface area (Å²) >= 11 is 1.93. The third kappa shape index (κ3) is 5.46. The van der Waals surface area contributed by atoms with Gasteiger partial charge in [-0.05, 0) is 62.1 Å². The minimum absolute atomic E-state index is 0.137. The molecule has 0 bridgehead atoms. The second-order valence-corrected chi connectivity index (χ2v) is 12.6. The maximum atomic E-state index is 13.0. The average Bonchev–Trinajstić information content (AvgIpc) is 2.88. The van der Waals surface area contributed by atoms with Crippen molar-refractivity contribution in [3.8, 4) is 0 Å². The van der Waals surface area contributed by atoms with Gasteiger partial charge in [0.25, 0.3) is 0 Å². The lowest BCUT2D eigenvalue weighted by molar-refractivity contribution is -0.136. The lowest BCUT2D eigenvalue weighted by Gasteiger charge is -2.34. The predicted molar refractivity (Wildman–Crippen MR) is 141 cm³/mol. The zero-order valence-electron chi connectivity index (χ0n) is 19.8. The largest absolute Gasteiger partial charge is 0.341 e. The highest BCUT2D eigenvalue weighted by Gasteiger charge is 2.31. The van der Waals surface area contributed by atoms with Crippen LogP contribution in [0.4, 0.5) is 11.5 Å². The SMILES string of the molecule is CS(=O)(=O)c1ccc(Nc2cc3c(C4CCC(C(=O)N5CCSCC5)CC4)nccc3cn2)cc1. The van der Waals surface area contributed by atoms with Crippen molar-refractivity contribution in [2.75, 3.05) is 36.2 Å². The number of benzene rings is 1. The summed E-state index contributed by atoms with van der Waals surface area (Å²) in [6, 6.07) is 10.7. The van der Waals surface area contributed by atoms with E-state index in [2.05, 4.69) is 15.2 Å². The Morgan fingerprint density at radius 3 is 2.43 bits per heavy atom. The van der Waals surface area contributed by atoms with Gasteiger partial charge in [0.15, 0.2) is 9.84 Å². The van der Waals surface area contributed by atoms with Gasteiger partial charge in [-0.3, -0.25) is 9.78 Å². The summed E-state index contributed by atoms with van der Waals surface area (Å²) in [7, 11) is -3.23. The molecule has 9 heteroatoms. The monoisotopic (exact) mass is 510 g/mol. The summed E-state index contributed by atoms with van der Waals surface area (Å²) in [5.41, 5.74) is 1.84. The van der Waals surface area contributed by atoms with E-state index >= 15 is 0 Å². The maximum absolute atomic E-state index is 13.0. The Morgan fingerprint density at radius 1 is 1.03 bits per heavy atom. The quantitative estimate of drug-likeness (QED) is 0.535. The van der Waals surface area contributed by atoms with Crippen molar-refractivity contribution in [1.82, 2.24) is 14.9 Å². The molecule has 1 N–H and O–H groups in total. The van der Waals surface area contributed by atoms with E-state index in [1.54, 1.807) is 24.3 Å². The van der Waals surface area contributed by atoms with E-state index in [1.807, 2.05) is 36.3 Å². The summed E-state index contributed by atoms with van der Waals surface area (Å²) in [4.78, 5) is 24.6. The molecule has 3 heterocycles. The number of aromatic nitrogens is 2. The van der Waals surface area contributed by atoms with Crippen molar-refractivity contribution in [2.45, 2.75) is 36.5 Å². The zero-order chi connectivity index (χ0) is 24.4. The number of sulfone groups is 1. The Morgan fingerprint density at radius 2 is 1.74 bits per heavy atom. The van der Waals surface area contributed by atoms with Crippen LogP contribution in [0.1, 0.15) is 37.3 Å². The van der Waals surface area contributed by atoms with E-state index < -0.39 is 9.84 Å². The third-order valence-electron chi connectivity index (χ3n) is 7.02. The standard InChI is InChI=1S/C26H30N4O3S2/c1-35(32,33)22-8-6-21(7-9-22)29-24-16-23-20(17-28-24)10-11-27-25(23)18-2-4-19(5-3-18)26(31)30-12-14-34-15-13-30/h6-11,16-19H,2-5,12-15H2,1H3,(H,28,29). The molecule has 1 aliphatic carbocycles. The molecule has 2 fully saturated rings. The van der Waals surface area contributed by atoms with Gasteiger partial charge in [0.1, 0.15) is 5.82 Å². The van der Waals surface area contributed by atoms with Crippen molar-refractivity contribution >= 4 is 49.8 Å². The fourth-order valence-electron chi connectivity index (χ4n) is 5.07. The van der Waals surface area contributed by atoms with Gasteiger partial charge in [-0.2, -0.15) is 11.8 Å². The topological polar surface area (TPSA) is 92.3 Å². The van der Waals surface area contributed by atoms with Crippen molar-refractivity contribution in [3.05, 3.63) is 54.5 Å². The van der Waals surface area contributed by atoms with E-state index in [9.17, 15) is 13.2 Å². The molecular weight excluding hydrogens is 480 g/mol. The fraction of sp³-hybridized carbons (Fsp3) is 0.423. The van der Waals surface area contributed by atoms with Crippen LogP contribution in [-0.2, 0) is 14.6 Å². The first-order valence-corrected chi connectivity index (χ1v) is 15.1. The van der Waals surface area contributed by atoms with Gasteiger partial charge in [0.05, 0.1) is 10.6 Å². The number of pyridine rings is 2. The normalized spacial score (nSPS) is 21.1. The Balaban J connectivity index is 1.31. The van der Waals surface area contributed by atoms with Crippen LogP contribution < -0.4 is 5.32 Å². The van der Waals surface area contributed by atoms with Gasteiger partial charge >= 0.3 is 0 Å². The highest BCUT2D eigenvalue weighted by atomic mass is 32.2. The molecule has 3 aromatic rings. The number of carbonyl (C=O) groups excluding carboxylic acids is 1. The van der Waals surface area contributed by atoms with Crippen LogP contribution in [0.15, 0.2) is 53.7 Å². The smallest absolute Gasteiger partial charge is 0.225 e. The number of hydrogen-bond acceptors (Lipinski definition) is 7. The number of fused-ring (bicyclic) bond motifs is 1. The fourth-order valence-corrected chi connectivity index (χ4v) is 6.60. The number of carbonyl (C=O) groups is 1. The van der Waals surface area contributed by atoms with Crippen LogP contribution >= 0.6 is 11.8 Å². The minimum Gasteiger partial charge on any atom is -0.341 e. The van der Waals surface area contributed by atoms with Gasteiger partial charge in [-0.15, -0.1) is 0 Å². The van der Waals surface area contributed by atoms with Crippen molar-refractivity contribution in [1.29, 1.82) is 0 Å². The molecule has 2 aliphatic rings. The number of amides is 1. The number of rotatable bonds is 5. The Hall–Kier alpha value is -2.65. The molecule has 0 radical (unpaired) electrons. The van der Waals surface area contributed by atoms with Crippen LogP contribution in [0.25, 0.3) is 10.8 Å². The molecule has 1 saturated carbocycles. The lowest BCUT2D eigenvalue weighted by Crippen LogP contribution is -2.42. The molecule has 5 rings (SSSR count). The Bertz CT molecular complexity index is 1310. The number of anilines is 2. The molecule has 1 aromatic carbocycles. The summed E-state index contributed by atoms with van der Waals surface area (Å²) in [6.07, 6.45) is 8.63. The van der Waals surface area contributed by atoms with Gasteiger partial charge < -0.3 is 10.2 Å². The minimum atomic E-state index is -3.23. The number of thioether (sulfide) groups is 1. The van der Waals surface area contributed by atoms with Crippen molar-refractivity contribution in [3.63, 3.8) is 0 Å². The predicted octanol–water partition coefficient (Wildman–Crippen LogP) is 4.63. The number of nitrogens with one attached hydrogen (secondary N) is 1. The lowest BCUT2D eigenvalue weighted by atomic mass is 9.79. The molecule has 1 aliphatic heterocycles. The molecule has 0 unspecified atom stereocenters. The Labute approximate surface area is 210 Å². The summed E-state index contributed by atoms with van der Waals surface area (Å²) in [5.74, 6) is 3.58. The summed E-state index contributed by atoms with van der Waals surface area (Å²) in [6.45, 7) is 1.77. The van der Waals surface area contributed by atoms with Crippen LogP contribution in [0, 0.1) is 5.92 Å². The highest BCUT2D eigenvalue weighted by molar-refractivity contribution is 7.99. The maximum Gasteiger partial charge on any atom is 0.225 e. The molecule has 0 atom stereocenters.